The molecule has 2 heterocycles. The Balaban J connectivity index is 1.58. The molecule has 0 N–H and O–H groups in total. The summed E-state index contributed by atoms with van der Waals surface area (Å²) >= 11 is 1.69. The van der Waals surface area contributed by atoms with E-state index in [2.05, 4.69) is 22.0 Å². The molecular weight excluding hydrogens is 334 g/mol. The Hall–Kier alpha value is -2.28. The second-order valence-electron chi connectivity index (χ2n) is 6.14. The van der Waals surface area contributed by atoms with Crippen LogP contribution in [0.4, 0.5) is 10.6 Å². The summed E-state index contributed by atoms with van der Waals surface area (Å²) in [6, 6.07) is 10.4. The molecule has 0 atom stereocenters. The van der Waals surface area contributed by atoms with E-state index >= 15 is 0 Å². The number of rotatable bonds is 4. The lowest BCUT2D eigenvalue weighted by Crippen LogP contribution is -2.51. The van der Waals surface area contributed by atoms with Crippen molar-refractivity contribution < 1.29 is 4.79 Å². The minimum atomic E-state index is 0.0675. The second kappa shape index (κ2) is 8.20. The summed E-state index contributed by atoms with van der Waals surface area (Å²) < 4.78 is 0. The molecule has 6 nitrogen and oxygen atoms in total. The van der Waals surface area contributed by atoms with Crippen molar-refractivity contribution in [3.05, 3.63) is 48.3 Å². The number of amides is 2. The van der Waals surface area contributed by atoms with Gasteiger partial charge in [0, 0.05) is 46.0 Å². The molecule has 0 bridgehead atoms. The molecular formula is C18H23N5OS. The number of carbonyl (C=O) groups excluding carboxylic acids is 1. The predicted molar refractivity (Wildman–Crippen MR) is 101 cm³/mol. The maximum atomic E-state index is 12.0. The third kappa shape index (κ3) is 4.63. The largest absolute Gasteiger partial charge is 0.352 e. The van der Waals surface area contributed by atoms with Crippen LogP contribution in [-0.4, -0.2) is 66.1 Å². The number of urea groups is 1. The summed E-state index contributed by atoms with van der Waals surface area (Å²) in [6.07, 6.45) is 3.61. The van der Waals surface area contributed by atoms with Crippen LogP contribution >= 0.6 is 11.8 Å². The van der Waals surface area contributed by atoms with Crippen molar-refractivity contribution in [3.8, 4) is 0 Å². The summed E-state index contributed by atoms with van der Waals surface area (Å²) in [6.45, 7) is 2.97. The Morgan fingerprint density at radius 2 is 1.84 bits per heavy atom. The van der Waals surface area contributed by atoms with Gasteiger partial charge in [-0.25, -0.2) is 9.78 Å². The summed E-state index contributed by atoms with van der Waals surface area (Å²) in [5.74, 6) is 1.76. The van der Waals surface area contributed by atoms with Crippen LogP contribution in [0.5, 0.6) is 0 Å². The van der Waals surface area contributed by atoms with E-state index in [9.17, 15) is 4.79 Å². The lowest BCUT2D eigenvalue weighted by Gasteiger charge is -2.36. The van der Waals surface area contributed by atoms with Crippen LogP contribution in [-0.2, 0) is 5.75 Å². The van der Waals surface area contributed by atoms with Gasteiger partial charge >= 0.3 is 6.03 Å². The summed E-state index contributed by atoms with van der Waals surface area (Å²) in [4.78, 5) is 26.8. The van der Waals surface area contributed by atoms with Gasteiger partial charge in [-0.1, -0.05) is 30.3 Å². The van der Waals surface area contributed by atoms with Gasteiger partial charge in [-0.3, -0.25) is 4.98 Å². The van der Waals surface area contributed by atoms with E-state index in [1.165, 1.54) is 5.56 Å². The Labute approximate surface area is 152 Å². The number of benzene rings is 1. The number of hydrogen-bond acceptors (Lipinski definition) is 5. The molecule has 1 saturated heterocycles. The summed E-state index contributed by atoms with van der Waals surface area (Å²) in [5.41, 5.74) is 1.27. The highest BCUT2D eigenvalue weighted by Crippen LogP contribution is 2.23. The average Bonchev–Trinajstić information content (AvgIpc) is 2.67. The van der Waals surface area contributed by atoms with Crippen LogP contribution in [0.25, 0.3) is 0 Å². The Morgan fingerprint density at radius 1 is 1.12 bits per heavy atom. The Bertz CT molecular complexity index is 702. The first kappa shape index (κ1) is 17.5. The molecule has 1 aliphatic heterocycles. The summed E-state index contributed by atoms with van der Waals surface area (Å²) in [7, 11) is 3.57. The SMILES string of the molecule is CN(C)C(=O)N1CCN(c2cncc(SCc3ccccc3)n2)CC1. The van der Waals surface area contributed by atoms with E-state index in [-0.39, 0.29) is 6.03 Å². The van der Waals surface area contributed by atoms with Crippen molar-refractivity contribution in [1.82, 2.24) is 19.8 Å². The molecule has 1 aliphatic rings. The molecule has 1 aromatic heterocycles. The second-order valence-corrected chi connectivity index (χ2v) is 7.14. The van der Waals surface area contributed by atoms with Crippen molar-refractivity contribution in [2.24, 2.45) is 0 Å². The molecule has 3 rings (SSSR count). The van der Waals surface area contributed by atoms with Gasteiger partial charge in [0.1, 0.15) is 10.8 Å². The minimum absolute atomic E-state index is 0.0675. The van der Waals surface area contributed by atoms with E-state index in [1.807, 2.05) is 29.3 Å². The van der Waals surface area contributed by atoms with Crippen molar-refractivity contribution in [2.45, 2.75) is 10.8 Å². The topological polar surface area (TPSA) is 52.6 Å². The smallest absolute Gasteiger partial charge is 0.319 e. The van der Waals surface area contributed by atoms with Crippen LogP contribution in [0, 0.1) is 0 Å². The van der Waals surface area contributed by atoms with E-state index in [4.69, 9.17) is 4.98 Å². The fourth-order valence-corrected chi connectivity index (χ4v) is 3.50. The van der Waals surface area contributed by atoms with Crippen LogP contribution in [0.2, 0.25) is 0 Å². The van der Waals surface area contributed by atoms with E-state index in [0.29, 0.717) is 13.1 Å². The number of nitrogens with zero attached hydrogens (tertiary/aromatic N) is 5. The van der Waals surface area contributed by atoms with E-state index in [1.54, 1.807) is 37.0 Å². The molecule has 0 saturated carbocycles. The zero-order chi connectivity index (χ0) is 17.6. The normalized spacial score (nSPS) is 14.5. The van der Waals surface area contributed by atoms with Crippen LogP contribution in [0.1, 0.15) is 5.56 Å². The fourth-order valence-electron chi connectivity index (χ4n) is 2.70. The number of piperazine rings is 1. The van der Waals surface area contributed by atoms with Gasteiger partial charge in [0.2, 0.25) is 0 Å². The number of thioether (sulfide) groups is 1. The highest BCUT2D eigenvalue weighted by Gasteiger charge is 2.23. The van der Waals surface area contributed by atoms with Crippen molar-refractivity contribution >= 4 is 23.6 Å². The molecule has 7 heteroatoms. The van der Waals surface area contributed by atoms with E-state index in [0.717, 1.165) is 29.7 Å². The minimum Gasteiger partial charge on any atom is -0.352 e. The maximum absolute atomic E-state index is 12.0. The molecule has 0 spiro atoms. The van der Waals surface area contributed by atoms with Gasteiger partial charge in [0.15, 0.2) is 0 Å². The quantitative estimate of drug-likeness (QED) is 0.787. The van der Waals surface area contributed by atoms with Crippen LogP contribution < -0.4 is 4.90 Å². The zero-order valence-electron chi connectivity index (χ0n) is 14.6. The highest BCUT2D eigenvalue weighted by molar-refractivity contribution is 7.98. The molecule has 2 amide bonds. The first-order valence-electron chi connectivity index (χ1n) is 8.33. The van der Waals surface area contributed by atoms with Crippen molar-refractivity contribution in [3.63, 3.8) is 0 Å². The number of hydrogen-bond donors (Lipinski definition) is 0. The third-order valence-corrected chi connectivity index (χ3v) is 5.06. The molecule has 0 radical (unpaired) electrons. The zero-order valence-corrected chi connectivity index (χ0v) is 15.4. The maximum Gasteiger partial charge on any atom is 0.319 e. The monoisotopic (exact) mass is 357 g/mol. The van der Waals surface area contributed by atoms with Gasteiger partial charge in [-0.05, 0) is 5.56 Å². The van der Waals surface area contributed by atoms with Gasteiger partial charge in [0.25, 0.3) is 0 Å². The highest BCUT2D eigenvalue weighted by atomic mass is 32.2. The predicted octanol–water partition coefficient (Wildman–Crippen LogP) is 2.57. The fraction of sp³-hybridized carbons (Fsp3) is 0.389. The Morgan fingerprint density at radius 3 is 2.52 bits per heavy atom. The van der Waals surface area contributed by atoms with Gasteiger partial charge in [0.05, 0.1) is 12.4 Å². The van der Waals surface area contributed by atoms with E-state index < -0.39 is 0 Å². The van der Waals surface area contributed by atoms with Gasteiger partial charge in [-0.2, -0.15) is 0 Å². The Kier molecular flexibility index (Phi) is 5.75. The first-order valence-corrected chi connectivity index (χ1v) is 9.32. The average molecular weight is 357 g/mol. The first-order chi connectivity index (χ1) is 12.1. The molecule has 2 aromatic rings. The van der Waals surface area contributed by atoms with Gasteiger partial charge in [-0.15, -0.1) is 11.8 Å². The van der Waals surface area contributed by atoms with Crippen molar-refractivity contribution in [1.29, 1.82) is 0 Å². The summed E-state index contributed by atoms with van der Waals surface area (Å²) in [5, 5.41) is 0.924. The lowest BCUT2D eigenvalue weighted by atomic mass is 10.2. The van der Waals surface area contributed by atoms with Crippen LogP contribution in [0.15, 0.2) is 47.8 Å². The molecule has 1 fully saturated rings. The molecule has 132 valence electrons. The standard InChI is InChI=1S/C18H23N5OS/c1-21(2)18(24)23-10-8-22(9-11-23)16-12-19-13-17(20-16)25-14-15-6-4-3-5-7-15/h3-7,12-13H,8-11,14H2,1-2H3. The van der Waals surface area contributed by atoms with Crippen LogP contribution in [0.3, 0.4) is 0 Å². The molecule has 25 heavy (non-hydrogen) atoms. The van der Waals surface area contributed by atoms with Gasteiger partial charge < -0.3 is 14.7 Å². The number of carbonyl (C=O) groups is 1. The molecule has 0 aliphatic carbocycles. The number of aromatic nitrogens is 2. The molecule has 1 aromatic carbocycles. The lowest BCUT2D eigenvalue weighted by molar-refractivity contribution is 0.168. The number of anilines is 1. The third-order valence-electron chi connectivity index (χ3n) is 4.09. The van der Waals surface area contributed by atoms with Crippen molar-refractivity contribution in [2.75, 3.05) is 45.2 Å². The molecule has 0 unspecified atom stereocenters.